The first kappa shape index (κ1) is 16.6. The van der Waals surface area contributed by atoms with Crippen LogP contribution in [0.3, 0.4) is 0 Å². The maximum Gasteiger partial charge on any atom is 0.255 e. The number of pyridine rings is 2. The first-order valence-corrected chi connectivity index (χ1v) is 9.13. The Hall–Kier alpha value is -2.89. The largest absolute Gasteiger partial charge is 0.397 e. The highest BCUT2D eigenvalue weighted by atomic mass is 16.2. The van der Waals surface area contributed by atoms with Gasteiger partial charge in [-0.05, 0) is 37.0 Å². The van der Waals surface area contributed by atoms with Crippen LogP contribution in [0.2, 0.25) is 0 Å². The van der Waals surface area contributed by atoms with Crippen LogP contribution in [0.4, 0.5) is 5.69 Å². The minimum absolute atomic E-state index is 0.0796. The van der Waals surface area contributed by atoms with Crippen LogP contribution in [0.25, 0.3) is 16.7 Å². The van der Waals surface area contributed by atoms with E-state index in [0.29, 0.717) is 17.2 Å². The second-order valence-corrected chi connectivity index (χ2v) is 6.97. The first-order chi connectivity index (χ1) is 12.7. The molecular formula is C20H23N5O. The average molecular weight is 349 g/mol. The van der Waals surface area contributed by atoms with Gasteiger partial charge in [0.1, 0.15) is 5.65 Å². The predicted molar refractivity (Wildman–Crippen MR) is 102 cm³/mol. The summed E-state index contributed by atoms with van der Waals surface area (Å²) in [7, 11) is 0. The zero-order valence-corrected chi connectivity index (χ0v) is 14.9. The second kappa shape index (κ2) is 6.78. The van der Waals surface area contributed by atoms with Crippen molar-refractivity contribution in [1.29, 1.82) is 0 Å². The lowest BCUT2D eigenvalue weighted by Gasteiger charge is -2.32. The highest BCUT2D eigenvalue weighted by molar-refractivity contribution is 5.97. The minimum atomic E-state index is 0.0796. The van der Waals surface area contributed by atoms with E-state index >= 15 is 0 Å². The van der Waals surface area contributed by atoms with E-state index in [9.17, 15) is 4.79 Å². The third-order valence-electron chi connectivity index (χ3n) is 5.18. The summed E-state index contributed by atoms with van der Waals surface area (Å²) in [5, 5.41) is 0.933. The minimum Gasteiger partial charge on any atom is -0.397 e. The Balaban J connectivity index is 1.63. The molecule has 1 fully saturated rings. The Kier molecular flexibility index (Phi) is 4.32. The fourth-order valence-corrected chi connectivity index (χ4v) is 3.69. The van der Waals surface area contributed by atoms with Gasteiger partial charge in [0.2, 0.25) is 0 Å². The Morgan fingerprint density at radius 1 is 1.31 bits per heavy atom. The van der Waals surface area contributed by atoms with Gasteiger partial charge in [0.25, 0.3) is 5.91 Å². The average Bonchev–Trinajstić information content (AvgIpc) is 3.10. The molecule has 0 aliphatic carbocycles. The molecule has 1 aliphatic heterocycles. The molecule has 1 atom stereocenters. The summed E-state index contributed by atoms with van der Waals surface area (Å²) in [4.78, 5) is 23.5. The highest BCUT2D eigenvalue weighted by Gasteiger charge is 2.24. The van der Waals surface area contributed by atoms with Gasteiger partial charge in [-0.15, -0.1) is 0 Å². The molecular weight excluding hydrogens is 326 g/mol. The topological polar surface area (TPSA) is 77.0 Å². The predicted octanol–water partition coefficient (Wildman–Crippen LogP) is 3.26. The van der Waals surface area contributed by atoms with Crippen molar-refractivity contribution < 1.29 is 4.79 Å². The molecule has 4 rings (SSSR count). The van der Waals surface area contributed by atoms with Crippen LogP contribution < -0.4 is 5.73 Å². The van der Waals surface area contributed by atoms with E-state index < -0.39 is 0 Å². The highest BCUT2D eigenvalue weighted by Crippen LogP contribution is 2.23. The molecule has 2 N–H and O–H groups in total. The van der Waals surface area contributed by atoms with Crippen molar-refractivity contribution in [3.05, 3.63) is 48.5 Å². The summed E-state index contributed by atoms with van der Waals surface area (Å²) >= 11 is 0. The number of carbonyl (C=O) groups excluding carboxylic acids is 1. The zero-order chi connectivity index (χ0) is 18.1. The summed E-state index contributed by atoms with van der Waals surface area (Å²) in [5.74, 6) is 0.692. The molecule has 3 aromatic heterocycles. The molecule has 134 valence electrons. The van der Waals surface area contributed by atoms with Crippen LogP contribution in [0, 0.1) is 5.92 Å². The number of hydrogen-bond acceptors (Lipinski definition) is 4. The van der Waals surface area contributed by atoms with E-state index in [1.165, 1.54) is 6.42 Å². The van der Waals surface area contributed by atoms with Gasteiger partial charge in [0.15, 0.2) is 0 Å². The lowest BCUT2D eigenvalue weighted by atomic mass is 9.95. The molecule has 0 radical (unpaired) electrons. The van der Waals surface area contributed by atoms with Gasteiger partial charge in [-0.25, -0.2) is 4.98 Å². The third-order valence-corrected chi connectivity index (χ3v) is 5.18. The maximum atomic E-state index is 12.9. The lowest BCUT2D eigenvalue weighted by Crippen LogP contribution is -2.39. The van der Waals surface area contributed by atoms with Crippen molar-refractivity contribution in [3.8, 4) is 5.69 Å². The molecule has 0 bridgehead atoms. The summed E-state index contributed by atoms with van der Waals surface area (Å²) in [6.07, 6.45) is 10.4. The van der Waals surface area contributed by atoms with Gasteiger partial charge < -0.3 is 10.6 Å². The summed E-state index contributed by atoms with van der Waals surface area (Å²) < 4.78 is 1.93. The van der Waals surface area contributed by atoms with Crippen molar-refractivity contribution in [2.45, 2.75) is 26.2 Å². The van der Waals surface area contributed by atoms with Crippen molar-refractivity contribution in [2.24, 2.45) is 5.92 Å². The molecule has 1 saturated heterocycles. The summed E-state index contributed by atoms with van der Waals surface area (Å²) in [6, 6.07) is 5.75. The molecule has 6 heteroatoms. The molecule has 1 amide bonds. The van der Waals surface area contributed by atoms with E-state index in [1.54, 1.807) is 18.6 Å². The zero-order valence-electron chi connectivity index (χ0n) is 14.9. The van der Waals surface area contributed by atoms with Crippen molar-refractivity contribution >= 4 is 22.6 Å². The van der Waals surface area contributed by atoms with E-state index in [0.717, 1.165) is 42.7 Å². The second-order valence-electron chi connectivity index (χ2n) is 6.97. The van der Waals surface area contributed by atoms with Crippen molar-refractivity contribution in [1.82, 2.24) is 19.4 Å². The molecule has 1 aliphatic rings. The molecule has 3 aromatic rings. The molecule has 26 heavy (non-hydrogen) atoms. The quantitative estimate of drug-likeness (QED) is 0.787. The Morgan fingerprint density at radius 2 is 2.19 bits per heavy atom. The molecule has 0 aromatic carbocycles. The van der Waals surface area contributed by atoms with Gasteiger partial charge >= 0.3 is 0 Å². The standard InChI is InChI=1S/C20H23N5O/c1-2-14-4-3-6-24(13-14)20(26)16-8-15-5-7-25(19(15)23-10-16)18-9-17(21)11-22-12-18/h5,7-12,14H,2-4,6,13,21H2,1H3/t14-/m0/s1. The van der Waals surface area contributed by atoms with E-state index in [2.05, 4.69) is 16.9 Å². The number of likely N-dealkylation sites (tertiary alicyclic amines) is 1. The Labute approximate surface area is 152 Å². The molecule has 6 nitrogen and oxygen atoms in total. The van der Waals surface area contributed by atoms with Gasteiger partial charge in [0.05, 0.1) is 23.1 Å². The van der Waals surface area contributed by atoms with Crippen molar-refractivity contribution in [3.63, 3.8) is 0 Å². The molecule has 4 heterocycles. The number of carbonyl (C=O) groups is 1. The number of piperidine rings is 1. The number of anilines is 1. The number of nitrogens with two attached hydrogens (primary N) is 1. The number of hydrogen-bond donors (Lipinski definition) is 1. The maximum absolute atomic E-state index is 12.9. The fraction of sp³-hybridized carbons (Fsp3) is 0.350. The lowest BCUT2D eigenvalue weighted by molar-refractivity contribution is 0.0671. The van der Waals surface area contributed by atoms with Crippen LogP contribution in [0.5, 0.6) is 0 Å². The molecule has 0 spiro atoms. The van der Waals surface area contributed by atoms with E-state index in [4.69, 9.17) is 5.73 Å². The number of nitrogen functional groups attached to an aromatic ring is 1. The van der Waals surface area contributed by atoms with Gasteiger partial charge in [-0.2, -0.15) is 0 Å². The molecule has 0 unspecified atom stereocenters. The third kappa shape index (κ3) is 3.03. The van der Waals surface area contributed by atoms with Crippen LogP contribution in [-0.2, 0) is 0 Å². The van der Waals surface area contributed by atoms with Gasteiger partial charge in [-0.1, -0.05) is 13.3 Å². The Morgan fingerprint density at radius 3 is 3.00 bits per heavy atom. The van der Waals surface area contributed by atoms with Crippen LogP contribution in [0.1, 0.15) is 36.5 Å². The van der Waals surface area contributed by atoms with Crippen molar-refractivity contribution in [2.75, 3.05) is 18.8 Å². The fourth-order valence-electron chi connectivity index (χ4n) is 3.69. The SMILES string of the molecule is CC[C@H]1CCCN(C(=O)c2cnc3c(ccn3-c3cncc(N)c3)c2)C1. The summed E-state index contributed by atoms with van der Waals surface area (Å²) in [5.41, 5.74) is 8.73. The number of fused-ring (bicyclic) bond motifs is 1. The number of nitrogens with zero attached hydrogens (tertiary/aromatic N) is 4. The normalized spacial score (nSPS) is 17.6. The van der Waals surface area contributed by atoms with Crippen LogP contribution >= 0.6 is 0 Å². The van der Waals surface area contributed by atoms with Crippen LogP contribution in [-0.4, -0.2) is 38.4 Å². The number of amides is 1. The Bertz CT molecular complexity index is 948. The number of aromatic nitrogens is 3. The smallest absolute Gasteiger partial charge is 0.255 e. The monoisotopic (exact) mass is 349 g/mol. The number of rotatable bonds is 3. The van der Waals surface area contributed by atoms with Crippen LogP contribution in [0.15, 0.2) is 43.0 Å². The summed E-state index contributed by atoms with van der Waals surface area (Å²) in [6.45, 7) is 3.88. The molecule has 0 saturated carbocycles. The van der Waals surface area contributed by atoms with E-state index in [1.807, 2.05) is 33.9 Å². The first-order valence-electron chi connectivity index (χ1n) is 9.13. The van der Waals surface area contributed by atoms with Gasteiger partial charge in [0, 0.05) is 37.1 Å². The van der Waals surface area contributed by atoms with Gasteiger partial charge in [-0.3, -0.25) is 14.3 Å². The van der Waals surface area contributed by atoms with E-state index in [-0.39, 0.29) is 5.91 Å².